The predicted molar refractivity (Wildman–Crippen MR) is 111 cm³/mol. The number of benzene rings is 3. The maximum atomic E-state index is 12.9. The minimum atomic E-state index is -0.714. The molecule has 1 atom stereocenters. The van der Waals surface area contributed by atoms with Gasteiger partial charge in [0.15, 0.2) is 11.2 Å². The topological polar surface area (TPSA) is 62.4 Å². The zero-order valence-corrected chi connectivity index (χ0v) is 16.1. The smallest absolute Gasteiger partial charge is 0.279 e. The molecule has 1 amide bonds. The van der Waals surface area contributed by atoms with Gasteiger partial charge in [-0.05, 0) is 59.7 Å². The minimum absolute atomic E-state index is 0.246. The van der Waals surface area contributed by atoms with Crippen molar-refractivity contribution < 1.29 is 13.9 Å². The summed E-state index contributed by atoms with van der Waals surface area (Å²) < 4.78 is 18.6. The molecule has 3 rings (SSSR count). The van der Waals surface area contributed by atoms with E-state index in [0.717, 1.165) is 16.3 Å². The van der Waals surface area contributed by atoms with Gasteiger partial charge in [0.05, 0.1) is 0 Å². The molecular formula is C21H20FN3O2S. The molecule has 0 spiro atoms. The molecule has 144 valence electrons. The fraction of sp³-hybridized carbons (Fsp3) is 0.143. The maximum absolute atomic E-state index is 12.9. The van der Waals surface area contributed by atoms with Crippen LogP contribution in [0, 0.1) is 5.82 Å². The number of nitrogens with one attached hydrogen (secondary N) is 3. The number of hydrogen-bond acceptors (Lipinski definition) is 3. The van der Waals surface area contributed by atoms with Crippen molar-refractivity contribution in [2.24, 2.45) is 0 Å². The maximum Gasteiger partial charge on any atom is 0.279 e. The van der Waals surface area contributed by atoms with Gasteiger partial charge in [0, 0.05) is 6.54 Å². The van der Waals surface area contributed by atoms with E-state index in [4.69, 9.17) is 17.0 Å². The van der Waals surface area contributed by atoms with Crippen LogP contribution in [0.3, 0.4) is 0 Å². The van der Waals surface area contributed by atoms with Crippen molar-refractivity contribution in [1.29, 1.82) is 0 Å². The van der Waals surface area contributed by atoms with Crippen molar-refractivity contribution in [1.82, 2.24) is 16.2 Å². The Hall–Kier alpha value is -3.19. The van der Waals surface area contributed by atoms with Crippen LogP contribution in [0.25, 0.3) is 10.8 Å². The van der Waals surface area contributed by atoms with E-state index in [2.05, 4.69) is 16.2 Å². The first-order valence-electron chi connectivity index (χ1n) is 8.75. The van der Waals surface area contributed by atoms with Gasteiger partial charge in [-0.1, -0.05) is 42.5 Å². The number of thiocarbonyl (C=S) groups is 1. The van der Waals surface area contributed by atoms with Crippen molar-refractivity contribution in [2.45, 2.75) is 19.6 Å². The number of hydrazine groups is 1. The third kappa shape index (κ3) is 5.40. The molecule has 0 aliphatic carbocycles. The van der Waals surface area contributed by atoms with Crippen LogP contribution >= 0.6 is 12.2 Å². The summed E-state index contributed by atoms with van der Waals surface area (Å²) in [6.45, 7) is 2.06. The second-order valence-corrected chi connectivity index (χ2v) is 6.60. The summed E-state index contributed by atoms with van der Waals surface area (Å²) in [5.74, 6) is -0.0467. The zero-order valence-electron chi connectivity index (χ0n) is 15.2. The summed E-state index contributed by atoms with van der Waals surface area (Å²) in [6, 6.07) is 19.6. The van der Waals surface area contributed by atoms with Crippen molar-refractivity contribution in [3.63, 3.8) is 0 Å². The Labute approximate surface area is 167 Å². The lowest BCUT2D eigenvalue weighted by molar-refractivity contribution is -0.127. The first kappa shape index (κ1) is 19.6. The molecule has 0 saturated carbocycles. The van der Waals surface area contributed by atoms with E-state index in [9.17, 15) is 9.18 Å². The molecule has 0 bridgehead atoms. The molecule has 3 aromatic rings. The number of hydrogen-bond donors (Lipinski definition) is 3. The number of carbonyl (C=O) groups is 1. The minimum Gasteiger partial charge on any atom is -0.481 e. The number of fused-ring (bicyclic) bond motifs is 1. The summed E-state index contributed by atoms with van der Waals surface area (Å²) in [7, 11) is 0. The molecule has 0 saturated heterocycles. The standard InChI is InChI=1S/C21H20FN3O2S/c1-14(27-19-11-8-16-4-2-3-5-17(16)12-19)20(26)24-25-21(28)23-13-15-6-9-18(22)10-7-15/h2-12,14H,13H2,1H3,(H,24,26)(H2,23,25,28)/t14-/m0/s1. The van der Waals surface area contributed by atoms with Crippen LogP contribution < -0.4 is 20.9 Å². The van der Waals surface area contributed by atoms with Crippen LogP contribution in [0.15, 0.2) is 66.7 Å². The first-order chi connectivity index (χ1) is 13.5. The van der Waals surface area contributed by atoms with Crippen LogP contribution in [0.1, 0.15) is 12.5 Å². The number of ether oxygens (including phenoxy) is 1. The Morgan fingerprint density at radius 1 is 1.04 bits per heavy atom. The van der Waals surface area contributed by atoms with E-state index in [-0.39, 0.29) is 16.8 Å². The van der Waals surface area contributed by atoms with Crippen LogP contribution in [-0.2, 0) is 11.3 Å². The molecule has 0 aliphatic heterocycles. The van der Waals surface area contributed by atoms with Crippen molar-refractivity contribution in [3.05, 3.63) is 78.1 Å². The molecule has 0 unspecified atom stereocenters. The Morgan fingerprint density at radius 3 is 2.50 bits per heavy atom. The van der Waals surface area contributed by atoms with Gasteiger partial charge in [-0.2, -0.15) is 0 Å². The summed E-state index contributed by atoms with van der Waals surface area (Å²) in [4.78, 5) is 12.2. The van der Waals surface area contributed by atoms with Crippen LogP contribution in [0.2, 0.25) is 0 Å². The molecule has 0 radical (unpaired) electrons. The molecule has 5 nitrogen and oxygen atoms in total. The SMILES string of the molecule is C[C@H](Oc1ccc2ccccc2c1)C(=O)NNC(=S)NCc1ccc(F)cc1. The lowest BCUT2D eigenvalue weighted by Crippen LogP contribution is -2.50. The first-order valence-corrected chi connectivity index (χ1v) is 9.16. The molecule has 0 aliphatic rings. The number of rotatable bonds is 5. The third-order valence-electron chi connectivity index (χ3n) is 4.07. The number of halogens is 1. The van der Waals surface area contributed by atoms with Crippen molar-refractivity contribution in [2.75, 3.05) is 0 Å². The van der Waals surface area contributed by atoms with E-state index in [0.29, 0.717) is 12.3 Å². The quantitative estimate of drug-likeness (QED) is 0.455. The fourth-order valence-corrected chi connectivity index (χ4v) is 2.67. The highest BCUT2D eigenvalue weighted by Crippen LogP contribution is 2.21. The van der Waals surface area contributed by atoms with Gasteiger partial charge in [-0.3, -0.25) is 15.6 Å². The molecule has 0 heterocycles. The summed E-state index contributed by atoms with van der Waals surface area (Å²) in [6.07, 6.45) is -0.714. The average Bonchev–Trinajstić information content (AvgIpc) is 2.71. The van der Waals surface area contributed by atoms with E-state index in [1.165, 1.54) is 12.1 Å². The van der Waals surface area contributed by atoms with Gasteiger partial charge in [-0.15, -0.1) is 0 Å². The van der Waals surface area contributed by atoms with Crippen LogP contribution in [0.5, 0.6) is 5.75 Å². The third-order valence-corrected chi connectivity index (χ3v) is 4.31. The summed E-state index contributed by atoms with van der Waals surface area (Å²) >= 11 is 5.11. The van der Waals surface area contributed by atoms with Crippen molar-refractivity contribution >= 4 is 34.0 Å². The molecule has 0 fully saturated rings. The Morgan fingerprint density at radius 2 is 1.75 bits per heavy atom. The zero-order chi connectivity index (χ0) is 19.9. The summed E-state index contributed by atoms with van der Waals surface area (Å²) in [5, 5.41) is 5.31. The van der Waals surface area contributed by atoms with Gasteiger partial charge in [0.2, 0.25) is 0 Å². The molecule has 3 N–H and O–H groups in total. The second kappa shape index (κ2) is 9.14. The van der Waals surface area contributed by atoms with Crippen LogP contribution in [0.4, 0.5) is 4.39 Å². The van der Waals surface area contributed by atoms with Gasteiger partial charge >= 0.3 is 0 Å². The van der Waals surface area contributed by atoms with Gasteiger partial charge < -0.3 is 10.1 Å². The van der Waals surface area contributed by atoms with Crippen LogP contribution in [-0.4, -0.2) is 17.1 Å². The Balaban J connectivity index is 1.45. The lowest BCUT2D eigenvalue weighted by atomic mass is 10.1. The molecule has 0 aromatic heterocycles. The highest BCUT2D eigenvalue weighted by molar-refractivity contribution is 7.80. The second-order valence-electron chi connectivity index (χ2n) is 6.19. The molecule has 3 aromatic carbocycles. The van der Waals surface area contributed by atoms with E-state index < -0.39 is 6.10 Å². The van der Waals surface area contributed by atoms with Gasteiger partial charge in [0.1, 0.15) is 11.6 Å². The number of amides is 1. The molecule has 7 heteroatoms. The van der Waals surface area contributed by atoms with Gasteiger partial charge in [-0.25, -0.2) is 4.39 Å². The number of carbonyl (C=O) groups excluding carboxylic acids is 1. The molecular weight excluding hydrogens is 377 g/mol. The predicted octanol–water partition coefficient (Wildman–Crippen LogP) is 3.44. The van der Waals surface area contributed by atoms with E-state index >= 15 is 0 Å². The monoisotopic (exact) mass is 397 g/mol. The highest BCUT2D eigenvalue weighted by atomic mass is 32.1. The average molecular weight is 397 g/mol. The van der Waals surface area contributed by atoms with E-state index in [1.54, 1.807) is 19.1 Å². The highest BCUT2D eigenvalue weighted by Gasteiger charge is 2.15. The summed E-state index contributed by atoms with van der Waals surface area (Å²) in [5.41, 5.74) is 6.00. The largest absolute Gasteiger partial charge is 0.481 e. The fourth-order valence-electron chi connectivity index (χ4n) is 2.55. The molecule has 28 heavy (non-hydrogen) atoms. The van der Waals surface area contributed by atoms with Gasteiger partial charge in [0.25, 0.3) is 5.91 Å². The Bertz CT molecular complexity index is 979. The Kier molecular flexibility index (Phi) is 6.39. The lowest BCUT2D eigenvalue weighted by Gasteiger charge is -2.17. The van der Waals surface area contributed by atoms with E-state index in [1.807, 2.05) is 42.5 Å². The normalized spacial score (nSPS) is 11.5. The van der Waals surface area contributed by atoms with Crippen molar-refractivity contribution in [3.8, 4) is 5.75 Å².